The predicted molar refractivity (Wildman–Crippen MR) is 63.2 cm³/mol. The van der Waals surface area contributed by atoms with E-state index in [9.17, 15) is 9.59 Å². The van der Waals surface area contributed by atoms with E-state index in [0.29, 0.717) is 11.6 Å². The molecule has 8 nitrogen and oxygen atoms in total. The Morgan fingerprint density at radius 2 is 2.40 bits per heavy atom. The molecule has 3 rings (SSSR count). The fraction of sp³-hybridized carbons (Fsp3) is 0.333. The Kier molecular flexibility index (Phi) is 2.97. The Morgan fingerprint density at radius 1 is 1.55 bits per heavy atom. The summed E-state index contributed by atoms with van der Waals surface area (Å²) in [5, 5.41) is 12.7. The molecular weight excluding hydrogens is 266 g/mol. The van der Waals surface area contributed by atoms with Crippen LogP contribution in [0.5, 0.6) is 0 Å². The van der Waals surface area contributed by atoms with Gasteiger partial charge in [-0.05, 0) is 12.1 Å². The number of carboxylic acid groups (broad SMARTS) is 1. The number of nitrogens with zero attached hydrogens (tertiary/aromatic N) is 3. The van der Waals surface area contributed by atoms with Crippen LogP contribution in [0.25, 0.3) is 11.7 Å². The summed E-state index contributed by atoms with van der Waals surface area (Å²) in [6, 6.07) is 3.37. The molecule has 0 aliphatic carbocycles. The van der Waals surface area contributed by atoms with Gasteiger partial charge in [0.05, 0.1) is 18.7 Å². The Labute approximate surface area is 113 Å². The lowest BCUT2D eigenvalue weighted by molar-refractivity contribution is -0.141. The van der Waals surface area contributed by atoms with E-state index >= 15 is 0 Å². The maximum absolute atomic E-state index is 11.7. The number of carboxylic acids is 1. The number of hydrogen-bond acceptors (Lipinski definition) is 6. The summed E-state index contributed by atoms with van der Waals surface area (Å²) >= 11 is 0. The monoisotopic (exact) mass is 277 g/mol. The molecule has 0 spiro atoms. The molecule has 3 heterocycles. The van der Waals surface area contributed by atoms with Gasteiger partial charge < -0.3 is 18.9 Å². The van der Waals surface area contributed by atoms with Gasteiger partial charge in [-0.3, -0.25) is 9.59 Å². The van der Waals surface area contributed by atoms with E-state index in [1.807, 2.05) is 0 Å². The topological polar surface area (TPSA) is 110 Å². The Bertz CT molecular complexity index is 633. The molecule has 2 aromatic rings. The van der Waals surface area contributed by atoms with Crippen LogP contribution in [0.1, 0.15) is 12.2 Å². The molecule has 104 valence electrons. The Hall–Kier alpha value is -2.64. The van der Waals surface area contributed by atoms with Gasteiger partial charge >= 0.3 is 5.97 Å². The highest BCUT2D eigenvalue weighted by molar-refractivity contribution is 5.85. The summed E-state index contributed by atoms with van der Waals surface area (Å²) in [7, 11) is 0. The van der Waals surface area contributed by atoms with Crippen LogP contribution < -0.4 is 0 Å². The number of rotatable bonds is 4. The first-order chi connectivity index (χ1) is 9.63. The Morgan fingerprint density at radius 3 is 3.05 bits per heavy atom. The van der Waals surface area contributed by atoms with Gasteiger partial charge in [-0.25, -0.2) is 0 Å². The predicted octanol–water partition coefficient (Wildman–Crippen LogP) is 0.763. The summed E-state index contributed by atoms with van der Waals surface area (Å²) in [5.74, 6) is -0.868. The van der Waals surface area contributed by atoms with Gasteiger partial charge in [-0.1, -0.05) is 5.16 Å². The third-order valence-corrected chi connectivity index (χ3v) is 3.10. The summed E-state index contributed by atoms with van der Waals surface area (Å²) in [6.07, 6.45) is 1.50. The molecule has 0 unspecified atom stereocenters. The third kappa shape index (κ3) is 2.27. The normalized spacial score (nSPS) is 18.7. The van der Waals surface area contributed by atoms with Crippen molar-refractivity contribution in [3.05, 3.63) is 24.2 Å². The van der Waals surface area contributed by atoms with Crippen molar-refractivity contribution in [2.24, 2.45) is 5.92 Å². The highest BCUT2D eigenvalue weighted by Gasteiger charge is 2.34. The number of hydrogen-bond donors (Lipinski definition) is 1. The third-order valence-electron chi connectivity index (χ3n) is 3.10. The van der Waals surface area contributed by atoms with Crippen molar-refractivity contribution in [2.75, 3.05) is 6.54 Å². The van der Waals surface area contributed by atoms with Crippen molar-refractivity contribution in [1.82, 2.24) is 15.0 Å². The second kappa shape index (κ2) is 4.80. The van der Waals surface area contributed by atoms with E-state index in [1.165, 1.54) is 11.2 Å². The molecule has 2 aromatic heterocycles. The van der Waals surface area contributed by atoms with Crippen LogP contribution in [0.4, 0.5) is 0 Å². The van der Waals surface area contributed by atoms with E-state index in [2.05, 4.69) is 10.1 Å². The van der Waals surface area contributed by atoms with E-state index in [0.717, 1.165) is 0 Å². The van der Waals surface area contributed by atoms with Crippen LogP contribution in [0.2, 0.25) is 0 Å². The number of aliphatic carboxylic acids is 1. The molecule has 1 aliphatic heterocycles. The van der Waals surface area contributed by atoms with Gasteiger partial charge in [-0.15, -0.1) is 0 Å². The summed E-state index contributed by atoms with van der Waals surface area (Å²) in [6.45, 7) is 0.297. The zero-order valence-corrected chi connectivity index (χ0v) is 10.4. The number of amides is 1. The Balaban J connectivity index is 1.70. The molecule has 8 heteroatoms. The van der Waals surface area contributed by atoms with Crippen molar-refractivity contribution < 1.29 is 23.6 Å². The first-order valence-corrected chi connectivity index (χ1v) is 6.00. The average Bonchev–Trinajstić information content (AvgIpc) is 3.11. The zero-order valence-electron chi connectivity index (χ0n) is 10.4. The van der Waals surface area contributed by atoms with E-state index in [-0.39, 0.29) is 31.3 Å². The van der Waals surface area contributed by atoms with Gasteiger partial charge in [0.1, 0.15) is 0 Å². The van der Waals surface area contributed by atoms with Crippen LogP contribution in [0.3, 0.4) is 0 Å². The van der Waals surface area contributed by atoms with E-state index in [4.69, 9.17) is 14.0 Å². The molecule has 0 saturated carbocycles. The molecule has 1 aliphatic rings. The molecule has 0 aromatic carbocycles. The SMILES string of the molecule is O=C(O)[C@H]1CC(=O)N(Cc2noc(-c3ccco3)n2)C1. The number of carbonyl (C=O) groups excluding carboxylic acids is 1. The molecule has 1 N–H and O–H groups in total. The van der Waals surface area contributed by atoms with Crippen molar-refractivity contribution in [2.45, 2.75) is 13.0 Å². The number of aromatic nitrogens is 2. The smallest absolute Gasteiger partial charge is 0.308 e. The molecular formula is C12H11N3O5. The number of furan rings is 1. The quantitative estimate of drug-likeness (QED) is 0.878. The van der Waals surface area contributed by atoms with Crippen LogP contribution >= 0.6 is 0 Å². The maximum Gasteiger partial charge on any atom is 0.308 e. The fourth-order valence-corrected chi connectivity index (χ4v) is 2.08. The number of carbonyl (C=O) groups is 2. The highest BCUT2D eigenvalue weighted by Crippen LogP contribution is 2.21. The standard InChI is InChI=1S/C12H11N3O5/c16-10-4-7(12(17)18)5-15(10)6-9-13-11(20-14-9)8-2-1-3-19-8/h1-3,7H,4-6H2,(H,17,18)/t7-/m0/s1. The molecule has 20 heavy (non-hydrogen) atoms. The minimum atomic E-state index is -0.967. The van der Waals surface area contributed by atoms with Crippen molar-refractivity contribution in [3.63, 3.8) is 0 Å². The highest BCUT2D eigenvalue weighted by atomic mass is 16.5. The van der Waals surface area contributed by atoms with Crippen LogP contribution in [0, 0.1) is 5.92 Å². The van der Waals surface area contributed by atoms with Crippen LogP contribution in [-0.4, -0.2) is 38.6 Å². The zero-order chi connectivity index (χ0) is 14.1. The minimum Gasteiger partial charge on any atom is -0.481 e. The van der Waals surface area contributed by atoms with Gasteiger partial charge in [0.25, 0.3) is 5.89 Å². The lowest BCUT2D eigenvalue weighted by Gasteiger charge is -2.12. The van der Waals surface area contributed by atoms with Gasteiger partial charge in [0.2, 0.25) is 5.91 Å². The van der Waals surface area contributed by atoms with Crippen LogP contribution in [0.15, 0.2) is 27.3 Å². The van der Waals surface area contributed by atoms with Gasteiger partial charge in [-0.2, -0.15) is 4.98 Å². The molecule has 0 radical (unpaired) electrons. The minimum absolute atomic E-state index is 0.0121. The first kappa shape index (κ1) is 12.4. The number of likely N-dealkylation sites (tertiary alicyclic amines) is 1. The van der Waals surface area contributed by atoms with Crippen molar-refractivity contribution in [1.29, 1.82) is 0 Å². The summed E-state index contributed by atoms with van der Waals surface area (Å²) in [4.78, 5) is 28.1. The second-order valence-corrected chi connectivity index (χ2v) is 4.51. The summed E-state index contributed by atoms with van der Waals surface area (Å²) in [5.41, 5.74) is 0. The largest absolute Gasteiger partial charge is 0.481 e. The lowest BCUT2D eigenvalue weighted by atomic mass is 10.1. The van der Waals surface area contributed by atoms with E-state index in [1.54, 1.807) is 12.1 Å². The fourth-order valence-electron chi connectivity index (χ4n) is 2.08. The summed E-state index contributed by atoms with van der Waals surface area (Å²) < 4.78 is 10.1. The maximum atomic E-state index is 11.7. The van der Waals surface area contributed by atoms with Gasteiger partial charge in [0.15, 0.2) is 11.6 Å². The van der Waals surface area contributed by atoms with Crippen molar-refractivity contribution >= 4 is 11.9 Å². The second-order valence-electron chi connectivity index (χ2n) is 4.51. The molecule has 1 saturated heterocycles. The van der Waals surface area contributed by atoms with Crippen molar-refractivity contribution in [3.8, 4) is 11.7 Å². The van der Waals surface area contributed by atoms with E-state index < -0.39 is 11.9 Å². The molecule has 1 amide bonds. The average molecular weight is 277 g/mol. The first-order valence-electron chi connectivity index (χ1n) is 6.00. The molecule has 0 bridgehead atoms. The van der Waals surface area contributed by atoms with Gasteiger partial charge in [0, 0.05) is 13.0 Å². The molecule has 1 fully saturated rings. The molecule has 1 atom stereocenters. The lowest BCUT2D eigenvalue weighted by Crippen LogP contribution is -2.26. The van der Waals surface area contributed by atoms with Crippen LogP contribution in [-0.2, 0) is 16.1 Å².